The Balaban J connectivity index is 2.52. The van der Waals surface area contributed by atoms with Crippen LogP contribution in [0.15, 0.2) is 0 Å². The van der Waals surface area contributed by atoms with Gasteiger partial charge in [-0.2, -0.15) is 0 Å². The summed E-state index contributed by atoms with van der Waals surface area (Å²) >= 11 is 1.10. The van der Waals surface area contributed by atoms with Crippen LogP contribution in [0, 0.1) is 5.92 Å². The summed E-state index contributed by atoms with van der Waals surface area (Å²) in [7, 11) is 0. The van der Waals surface area contributed by atoms with Crippen molar-refractivity contribution in [3.63, 3.8) is 0 Å². The minimum Gasteiger partial charge on any atom is -0.469 e. The van der Waals surface area contributed by atoms with Crippen molar-refractivity contribution in [3.05, 3.63) is 5.01 Å². The van der Waals surface area contributed by atoms with Gasteiger partial charge >= 0.3 is 5.97 Å². The van der Waals surface area contributed by atoms with Gasteiger partial charge in [-0.15, -0.1) is 5.10 Å². The number of rotatable bonds is 5. The molecule has 1 heterocycles. The van der Waals surface area contributed by atoms with Gasteiger partial charge in [-0.05, 0) is 24.2 Å². The van der Waals surface area contributed by atoms with Crippen LogP contribution in [0.1, 0.15) is 30.6 Å². The molecule has 0 atom stereocenters. The van der Waals surface area contributed by atoms with Gasteiger partial charge in [-0.3, -0.25) is 0 Å². The number of carbonyl (C=O) groups is 1. The van der Waals surface area contributed by atoms with Crippen molar-refractivity contribution < 1.29 is 14.3 Å². The Bertz CT molecular complexity index is 325. The summed E-state index contributed by atoms with van der Waals surface area (Å²) in [6, 6.07) is 0. The molecule has 0 saturated heterocycles. The zero-order valence-electron chi connectivity index (χ0n) is 9.02. The zero-order valence-corrected chi connectivity index (χ0v) is 9.84. The van der Waals surface area contributed by atoms with E-state index in [4.69, 9.17) is 9.47 Å². The van der Waals surface area contributed by atoms with E-state index in [1.807, 2.05) is 13.8 Å². The zero-order chi connectivity index (χ0) is 11.3. The second-order valence-corrected chi connectivity index (χ2v) is 4.24. The normalized spacial score (nSPS) is 10.4. The molecule has 0 aliphatic rings. The summed E-state index contributed by atoms with van der Waals surface area (Å²) in [5, 5.41) is 8.06. The van der Waals surface area contributed by atoms with E-state index in [-0.39, 0.29) is 5.01 Å². The summed E-state index contributed by atoms with van der Waals surface area (Å²) in [4.78, 5) is 11.2. The van der Waals surface area contributed by atoms with Crippen molar-refractivity contribution in [2.45, 2.75) is 20.8 Å². The van der Waals surface area contributed by atoms with Crippen LogP contribution in [-0.2, 0) is 4.74 Å². The van der Waals surface area contributed by atoms with Gasteiger partial charge in [0, 0.05) is 0 Å². The van der Waals surface area contributed by atoms with E-state index < -0.39 is 5.97 Å². The first kappa shape index (κ1) is 11.9. The maximum atomic E-state index is 11.2. The van der Waals surface area contributed by atoms with Gasteiger partial charge in [0.1, 0.15) is 0 Å². The fourth-order valence-electron chi connectivity index (χ4n) is 0.781. The van der Waals surface area contributed by atoms with Crippen LogP contribution in [0.4, 0.5) is 0 Å². The summed E-state index contributed by atoms with van der Waals surface area (Å²) in [5.74, 6) is -0.0330. The highest BCUT2D eigenvalue weighted by molar-refractivity contribution is 7.14. The van der Waals surface area contributed by atoms with Crippen LogP contribution >= 0.6 is 11.3 Å². The number of nitrogens with zero attached hydrogens (tertiary/aromatic N) is 2. The fourth-order valence-corrected chi connectivity index (χ4v) is 1.38. The number of carbonyl (C=O) groups excluding carboxylic acids is 1. The quantitative estimate of drug-likeness (QED) is 0.721. The predicted octanol–water partition coefficient (Wildman–Crippen LogP) is 1.75. The molecule has 1 rings (SSSR count). The van der Waals surface area contributed by atoms with Crippen molar-refractivity contribution >= 4 is 17.3 Å². The smallest absolute Gasteiger partial charge is 0.369 e. The van der Waals surface area contributed by atoms with Crippen molar-refractivity contribution in [1.82, 2.24) is 10.2 Å². The topological polar surface area (TPSA) is 61.3 Å². The molecule has 15 heavy (non-hydrogen) atoms. The number of esters is 1. The van der Waals surface area contributed by atoms with Crippen LogP contribution in [0.25, 0.3) is 0 Å². The largest absolute Gasteiger partial charge is 0.469 e. The number of hydrogen-bond acceptors (Lipinski definition) is 6. The van der Waals surface area contributed by atoms with E-state index in [0.29, 0.717) is 24.3 Å². The Morgan fingerprint density at radius 3 is 2.80 bits per heavy atom. The van der Waals surface area contributed by atoms with Gasteiger partial charge in [-0.25, -0.2) is 4.79 Å². The van der Waals surface area contributed by atoms with E-state index in [2.05, 4.69) is 10.2 Å². The molecule has 0 aromatic carbocycles. The third kappa shape index (κ3) is 3.83. The third-order valence-electron chi connectivity index (χ3n) is 1.40. The van der Waals surface area contributed by atoms with Gasteiger partial charge in [0.15, 0.2) is 0 Å². The molecule has 1 aromatic heterocycles. The Hall–Kier alpha value is -1.17. The van der Waals surface area contributed by atoms with Crippen molar-refractivity contribution in [3.8, 4) is 5.19 Å². The van der Waals surface area contributed by atoms with Crippen LogP contribution in [0.2, 0.25) is 0 Å². The Morgan fingerprint density at radius 1 is 1.47 bits per heavy atom. The average molecular weight is 230 g/mol. The maximum absolute atomic E-state index is 11.2. The van der Waals surface area contributed by atoms with Crippen molar-refractivity contribution in [2.75, 3.05) is 13.2 Å². The standard InChI is InChI=1S/C9H14N2O3S/c1-4-13-8(12)7-10-11-9(15-7)14-5-6(2)3/h6H,4-5H2,1-3H3. The molecule has 5 nitrogen and oxygen atoms in total. The number of aromatic nitrogens is 2. The summed E-state index contributed by atoms with van der Waals surface area (Å²) in [5.41, 5.74) is 0. The molecule has 0 spiro atoms. The highest BCUT2D eigenvalue weighted by atomic mass is 32.1. The first-order chi connectivity index (χ1) is 7.13. The van der Waals surface area contributed by atoms with Gasteiger partial charge in [0.2, 0.25) is 5.01 Å². The molecule has 0 fully saturated rings. The molecule has 0 amide bonds. The van der Waals surface area contributed by atoms with Crippen molar-refractivity contribution in [1.29, 1.82) is 0 Å². The molecular weight excluding hydrogens is 216 g/mol. The van der Waals surface area contributed by atoms with Gasteiger partial charge in [0.05, 0.1) is 13.2 Å². The number of ether oxygens (including phenoxy) is 2. The summed E-state index contributed by atoms with van der Waals surface area (Å²) in [6.07, 6.45) is 0. The lowest BCUT2D eigenvalue weighted by atomic mass is 10.2. The molecular formula is C9H14N2O3S. The average Bonchev–Trinajstić information content (AvgIpc) is 2.63. The van der Waals surface area contributed by atoms with Crippen molar-refractivity contribution in [2.24, 2.45) is 5.92 Å². The fraction of sp³-hybridized carbons (Fsp3) is 0.667. The summed E-state index contributed by atoms with van der Waals surface area (Å²) < 4.78 is 10.1. The van der Waals surface area contributed by atoms with Gasteiger partial charge < -0.3 is 9.47 Å². The Kier molecular flexibility index (Phi) is 4.48. The lowest BCUT2D eigenvalue weighted by molar-refractivity contribution is 0.0525. The number of hydrogen-bond donors (Lipinski definition) is 0. The molecule has 0 N–H and O–H groups in total. The van der Waals surface area contributed by atoms with E-state index in [0.717, 1.165) is 11.3 Å². The lowest BCUT2D eigenvalue weighted by Crippen LogP contribution is -2.03. The minimum absolute atomic E-state index is 0.232. The molecule has 84 valence electrons. The van der Waals surface area contributed by atoms with Gasteiger partial charge in [0.25, 0.3) is 5.19 Å². The Morgan fingerprint density at radius 2 is 2.20 bits per heavy atom. The second kappa shape index (κ2) is 5.65. The lowest BCUT2D eigenvalue weighted by Gasteiger charge is -2.02. The van der Waals surface area contributed by atoms with Gasteiger partial charge in [-0.1, -0.05) is 18.9 Å². The van der Waals surface area contributed by atoms with E-state index in [1.54, 1.807) is 6.92 Å². The monoisotopic (exact) mass is 230 g/mol. The molecule has 6 heteroatoms. The van der Waals surface area contributed by atoms with E-state index in [9.17, 15) is 4.79 Å². The third-order valence-corrected chi connectivity index (χ3v) is 2.21. The second-order valence-electron chi connectivity index (χ2n) is 3.30. The molecule has 0 radical (unpaired) electrons. The first-order valence-electron chi connectivity index (χ1n) is 4.77. The SMILES string of the molecule is CCOC(=O)c1nnc(OCC(C)C)s1. The highest BCUT2D eigenvalue weighted by Gasteiger charge is 2.14. The molecule has 0 unspecified atom stereocenters. The summed E-state index contributed by atoms with van der Waals surface area (Å²) in [6.45, 7) is 6.72. The van der Waals surface area contributed by atoms with Crippen LogP contribution in [0.3, 0.4) is 0 Å². The first-order valence-corrected chi connectivity index (χ1v) is 5.58. The van der Waals surface area contributed by atoms with Crippen LogP contribution in [0.5, 0.6) is 5.19 Å². The molecule has 1 aromatic rings. The predicted molar refractivity (Wildman–Crippen MR) is 56.2 cm³/mol. The maximum Gasteiger partial charge on any atom is 0.369 e. The van der Waals surface area contributed by atoms with Crippen LogP contribution < -0.4 is 4.74 Å². The molecule has 0 aliphatic heterocycles. The Labute approximate surface area is 92.4 Å². The molecule has 0 aliphatic carbocycles. The molecule has 0 saturated carbocycles. The van der Waals surface area contributed by atoms with E-state index in [1.165, 1.54) is 0 Å². The highest BCUT2D eigenvalue weighted by Crippen LogP contribution is 2.18. The van der Waals surface area contributed by atoms with Crippen LogP contribution in [-0.4, -0.2) is 29.4 Å². The minimum atomic E-state index is -0.450. The molecule has 0 bridgehead atoms. The van der Waals surface area contributed by atoms with E-state index >= 15 is 0 Å².